The molecule has 0 unspecified atom stereocenters. The number of nitrogen functional groups attached to an aromatic ring is 1. The zero-order valence-electron chi connectivity index (χ0n) is 10.6. The van der Waals surface area contributed by atoms with Gasteiger partial charge < -0.3 is 10.2 Å². The number of hydrogen-bond donors (Lipinski definition) is 2. The molecule has 0 aliphatic rings. The first-order chi connectivity index (χ1) is 9.62. The minimum absolute atomic E-state index is 0.203. The topological polar surface area (TPSA) is 73.1 Å². The molecule has 0 amide bonds. The van der Waals surface area contributed by atoms with Gasteiger partial charge in [-0.1, -0.05) is 11.8 Å². The van der Waals surface area contributed by atoms with E-state index in [2.05, 4.69) is 15.4 Å². The predicted octanol–water partition coefficient (Wildman–Crippen LogP) is 2.34. The fourth-order valence-electron chi connectivity index (χ4n) is 1.46. The van der Waals surface area contributed by atoms with Crippen LogP contribution in [0.3, 0.4) is 0 Å². The quantitative estimate of drug-likeness (QED) is 0.501. The molecule has 1 aromatic heterocycles. The SMILES string of the molecule is COCc1nc(NN)cc(Sc2ccc(F)cc2F)n1. The fraction of sp³-hybridized carbons (Fsp3) is 0.167. The smallest absolute Gasteiger partial charge is 0.157 e. The summed E-state index contributed by atoms with van der Waals surface area (Å²) in [6.07, 6.45) is 0. The van der Waals surface area contributed by atoms with Crippen LogP contribution in [0.5, 0.6) is 0 Å². The lowest BCUT2D eigenvalue weighted by molar-refractivity contribution is 0.177. The number of ether oxygens (including phenoxy) is 1. The number of nitrogens with zero attached hydrogens (tertiary/aromatic N) is 2. The lowest BCUT2D eigenvalue weighted by Gasteiger charge is -2.07. The lowest BCUT2D eigenvalue weighted by Crippen LogP contribution is -2.11. The Morgan fingerprint density at radius 1 is 1.30 bits per heavy atom. The molecule has 0 spiro atoms. The van der Waals surface area contributed by atoms with Crippen LogP contribution in [-0.2, 0) is 11.3 Å². The lowest BCUT2D eigenvalue weighted by atomic mass is 10.3. The van der Waals surface area contributed by atoms with Gasteiger partial charge in [0.1, 0.15) is 29.1 Å². The highest BCUT2D eigenvalue weighted by molar-refractivity contribution is 7.99. The molecule has 8 heteroatoms. The summed E-state index contributed by atoms with van der Waals surface area (Å²) in [4.78, 5) is 8.54. The Hall–Kier alpha value is -1.77. The molecule has 20 heavy (non-hydrogen) atoms. The molecule has 2 aromatic rings. The second-order valence-electron chi connectivity index (χ2n) is 3.76. The van der Waals surface area contributed by atoms with E-state index < -0.39 is 11.6 Å². The monoisotopic (exact) mass is 298 g/mol. The molecule has 0 fully saturated rings. The van der Waals surface area contributed by atoms with E-state index in [-0.39, 0.29) is 11.5 Å². The van der Waals surface area contributed by atoms with Gasteiger partial charge in [0.15, 0.2) is 5.82 Å². The molecule has 0 saturated carbocycles. The molecular formula is C12H12F2N4OS. The van der Waals surface area contributed by atoms with Crippen LogP contribution in [0.1, 0.15) is 5.82 Å². The molecule has 5 nitrogen and oxygen atoms in total. The first kappa shape index (κ1) is 14.6. The Balaban J connectivity index is 2.29. The first-order valence-electron chi connectivity index (χ1n) is 5.59. The zero-order chi connectivity index (χ0) is 14.5. The highest BCUT2D eigenvalue weighted by Crippen LogP contribution is 2.29. The van der Waals surface area contributed by atoms with Crippen molar-refractivity contribution in [3.63, 3.8) is 0 Å². The van der Waals surface area contributed by atoms with Gasteiger partial charge in [0, 0.05) is 24.1 Å². The Morgan fingerprint density at radius 2 is 2.10 bits per heavy atom. The standard InChI is InChI=1S/C12H12F2N4OS/c1-19-6-11-16-10(18-15)5-12(17-11)20-9-3-2-7(13)4-8(9)14/h2-5H,6,15H2,1H3,(H,16,17,18). The molecule has 1 heterocycles. The third-order valence-electron chi connectivity index (χ3n) is 2.28. The summed E-state index contributed by atoms with van der Waals surface area (Å²) < 4.78 is 31.4. The molecular weight excluding hydrogens is 286 g/mol. The Labute approximate surface area is 118 Å². The van der Waals surface area contributed by atoms with E-state index in [4.69, 9.17) is 10.6 Å². The summed E-state index contributed by atoms with van der Waals surface area (Å²) in [5.74, 6) is 4.83. The van der Waals surface area contributed by atoms with Crippen molar-refractivity contribution in [3.8, 4) is 0 Å². The molecule has 0 saturated heterocycles. The van der Waals surface area contributed by atoms with Gasteiger partial charge in [0.05, 0.1) is 0 Å². The van der Waals surface area contributed by atoms with E-state index in [9.17, 15) is 8.78 Å². The number of rotatable bonds is 5. The maximum absolute atomic E-state index is 13.6. The number of hydrazine groups is 1. The average molecular weight is 298 g/mol. The van der Waals surface area contributed by atoms with Gasteiger partial charge in [-0.2, -0.15) is 0 Å². The van der Waals surface area contributed by atoms with Crippen molar-refractivity contribution < 1.29 is 13.5 Å². The number of nitrogens with one attached hydrogen (secondary N) is 1. The summed E-state index contributed by atoms with van der Waals surface area (Å²) in [6.45, 7) is 0.203. The summed E-state index contributed by atoms with van der Waals surface area (Å²) in [5.41, 5.74) is 2.40. The molecule has 0 aliphatic heterocycles. The highest BCUT2D eigenvalue weighted by atomic mass is 32.2. The van der Waals surface area contributed by atoms with E-state index in [1.807, 2.05) is 0 Å². The van der Waals surface area contributed by atoms with Gasteiger partial charge in [0.2, 0.25) is 0 Å². The second-order valence-corrected chi connectivity index (χ2v) is 4.82. The minimum atomic E-state index is -0.649. The number of hydrogen-bond acceptors (Lipinski definition) is 6. The van der Waals surface area contributed by atoms with E-state index in [1.54, 1.807) is 6.07 Å². The third kappa shape index (κ3) is 3.62. The van der Waals surface area contributed by atoms with Gasteiger partial charge in [-0.25, -0.2) is 24.6 Å². The second kappa shape index (κ2) is 6.60. The molecule has 0 atom stereocenters. The number of methoxy groups -OCH3 is 1. The van der Waals surface area contributed by atoms with E-state index >= 15 is 0 Å². The molecule has 3 N–H and O–H groups in total. The Bertz CT molecular complexity index is 612. The molecule has 106 valence electrons. The van der Waals surface area contributed by atoms with E-state index in [0.29, 0.717) is 16.7 Å². The number of aromatic nitrogens is 2. The predicted molar refractivity (Wildman–Crippen MR) is 71.0 cm³/mol. The van der Waals surface area contributed by atoms with Crippen LogP contribution in [-0.4, -0.2) is 17.1 Å². The summed E-state index contributed by atoms with van der Waals surface area (Å²) in [5, 5.41) is 0.477. The van der Waals surface area contributed by atoms with Crippen LogP contribution in [0.4, 0.5) is 14.6 Å². The van der Waals surface area contributed by atoms with Crippen molar-refractivity contribution in [1.29, 1.82) is 0 Å². The number of anilines is 1. The summed E-state index contributed by atoms with van der Waals surface area (Å²) in [7, 11) is 1.51. The summed E-state index contributed by atoms with van der Waals surface area (Å²) >= 11 is 1.05. The Morgan fingerprint density at radius 3 is 2.75 bits per heavy atom. The largest absolute Gasteiger partial charge is 0.377 e. The average Bonchev–Trinajstić information content (AvgIpc) is 2.42. The van der Waals surface area contributed by atoms with Crippen LogP contribution in [0.25, 0.3) is 0 Å². The van der Waals surface area contributed by atoms with Crippen molar-refractivity contribution >= 4 is 17.6 Å². The van der Waals surface area contributed by atoms with Gasteiger partial charge in [0.25, 0.3) is 0 Å². The van der Waals surface area contributed by atoms with Gasteiger partial charge in [-0.3, -0.25) is 0 Å². The van der Waals surface area contributed by atoms with Gasteiger partial charge in [-0.05, 0) is 12.1 Å². The van der Waals surface area contributed by atoms with Crippen LogP contribution in [0.2, 0.25) is 0 Å². The first-order valence-corrected chi connectivity index (χ1v) is 6.40. The van der Waals surface area contributed by atoms with Gasteiger partial charge in [-0.15, -0.1) is 0 Å². The Kier molecular flexibility index (Phi) is 4.83. The minimum Gasteiger partial charge on any atom is -0.377 e. The maximum Gasteiger partial charge on any atom is 0.157 e. The van der Waals surface area contributed by atoms with Crippen molar-refractivity contribution in [2.45, 2.75) is 16.5 Å². The molecule has 0 aliphatic carbocycles. The van der Waals surface area contributed by atoms with Crippen LogP contribution < -0.4 is 11.3 Å². The molecule has 0 radical (unpaired) electrons. The highest BCUT2D eigenvalue weighted by Gasteiger charge is 2.09. The summed E-state index contributed by atoms with van der Waals surface area (Å²) in [6, 6.07) is 4.92. The van der Waals surface area contributed by atoms with E-state index in [1.165, 1.54) is 19.2 Å². The van der Waals surface area contributed by atoms with Crippen LogP contribution >= 0.6 is 11.8 Å². The van der Waals surface area contributed by atoms with Crippen molar-refractivity contribution in [2.24, 2.45) is 5.84 Å². The van der Waals surface area contributed by atoms with E-state index in [0.717, 1.165) is 17.8 Å². The molecule has 2 rings (SSSR count). The molecule has 1 aromatic carbocycles. The third-order valence-corrected chi connectivity index (χ3v) is 3.25. The van der Waals surface area contributed by atoms with Gasteiger partial charge >= 0.3 is 0 Å². The van der Waals surface area contributed by atoms with Crippen molar-refractivity contribution in [2.75, 3.05) is 12.5 Å². The number of benzene rings is 1. The maximum atomic E-state index is 13.6. The zero-order valence-corrected chi connectivity index (χ0v) is 11.4. The fourth-order valence-corrected chi connectivity index (χ4v) is 2.30. The number of halogens is 2. The van der Waals surface area contributed by atoms with Crippen molar-refractivity contribution in [1.82, 2.24) is 9.97 Å². The molecule has 0 bridgehead atoms. The van der Waals surface area contributed by atoms with Crippen molar-refractivity contribution in [3.05, 3.63) is 41.7 Å². The number of nitrogens with two attached hydrogens (primary N) is 1. The normalized spacial score (nSPS) is 10.6. The van der Waals surface area contributed by atoms with Crippen LogP contribution in [0, 0.1) is 11.6 Å². The van der Waals surface area contributed by atoms with Crippen LogP contribution in [0.15, 0.2) is 34.2 Å².